The summed E-state index contributed by atoms with van der Waals surface area (Å²) in [7, 11) is 0. The van der Waals surface area contributed by atoms with Crippen molar-refractivity contribution in [1.29, 1.82) is 0 Å². The Labute approximate surface area is 455 Å². The summed E-state index contributed by atoms with van der Waals surface area (Å²) >= 11 is 1.82. The largest absolute Gasteiger partial charge is 0.311 e. The Hall–Kier alpha value is -7.48. The molecule has 0 fully saturated rings. The summed E-state index contributed by atoms with van der Waals surface area (Å²) in [6, 6.07) is 49.2. The minimum Gasteiger partial charge on any atom is -0.311 e. The van der Waals surface area contributed by atoms with Gasteiger partial charge < -0.3 is 14.7 Å². The molecule has 0 atom stereocenters. The van der Waals surface area contributed by atoms with E-state index in [1.807, 2.05) is 17.4 Å². The second-order valence-electron chi connectivity index (χ2n) is 24.5. The number of nitrogens with zero attached hydrogens (tertiary/aromatic N) is 5. The van der Waals surface area contributed by atoms with E-state index in [2.05, 4.69) is 236 Å². The van der Waals surface area contributed by atoms with Crippen LogP contribution in [0, 0.1) is 0 Å². The molecule has 0 bridgehead atoms. The summed E-state index contributed by atoms with van der Waals surface area (Å²) < 4.78 is 48.0. The number of aromatic nitrogens is 2. The molecule has 10 aromatic rings. The molecule has 0 saturated heterocycles. The third-order valence-corrected chi connectivity index (χ3v) is 16.5. The van der Waals surface area contributed by atoms with Crippen molar-refractivity contribution in [2.45, 2.75) is 105 Å². The molecular weight excluding hydrogens is 930 g/mol. The number of fused-ring (bicyclic) bond motifs is 7. The van der Waals surface area contributed by atoms with Crippen molar-refractivity contribution in [1.82, 2.24) is 9.97 Å². The zero-order valence-corrected chi connectivity index (χ0v) is 46.0. The van der Waals surface area contributed by atoms with Gasteiger partial charge in [-0.05, 0) is 157 Å². The van der Waals surface area contributed by atoms with E-state index in [9.17, 15) is 2.74 Å². The van der Waals surface area contributed by atoms with Crippen LogP contribution in [0.5, 0.6) is 0 Å². The zero-order chi connectivity index (χ0) is 56.7. The number of rotatable bonds is 6. The van der Waals surface area contributed by atoms with E-state index in [1.165, 1.54) is 27.0 Å². The van der Waals surface area contributed by atoms with Crippen molar-refractivity contribution in [3.63, 3.8) is 0 Å². The van der Waals surface area contributed by atoms with Crippen molar-refractivity contribution in [3.8, 4) is 11.1 Å². The minimum atomic E-state index is -0.432. The van der Waals surface area contributed by atoms with Gasteiger partial charge in [-0.25, -0.2) is 0 Å². The van der Waals surface area contributed by atoms with E-state index in [4.69, 9.17) is 9.10 Å². The van der Waals surface area contributed by atoms with Gasteiger partial charge in [-0.1, -0.05) is 162 Å². The molecule has 2 aliphatic rings. The first-order chi connectivity index (χ1) is 37.8. The fourth-order valence-corrected chi connectivity index (χ4v) is 12.3. The quantitative estimate of drug-likeness (QED) is 0.155. The molecule has 0 radical (unpaired) electrons. The Morgan fingerprint density at radius 3 is 1.57 bits per heavy atom. The lowest BCUT2D eigenvalue weighted by atomic mass is 9.36. The molecule has 7 heteroatoms. The van der Waals surface area contributed by atoms with Gasteiger partial charge in [0.25, 0.3) is 6.71 Å². The Kier molecular flexibility index (Phi) is 10.0. The summed E-state index contributed by atoms with van der Waals surface area (Å²) in [5.41, 5.74) is 17.4. The first-order valence-corrected chi connectivity index (χ1v) is 27.0. The molecule has 372 valence electrons. The average Bonchev–Trinajstić information content (AvgIpc) is 1.91. The minimum absolute atomic E-state index is 0.0371. The van der Waals surface area contributed by atoms with Gasteiger partial charge in [0.1, 0.15) is 0 Å². The van der Waals surface area contributed by atoms with Crippen molar-refractivity contribution in [2.75, 3.05) is 14.7 Å². The van der Waals surface area contributed by atoms with Gasteiger partial charge in [0.05, 0.1) is 23.6 Å². The van der Waals surface area contributed by atoms with Gasteiger partial charge in [0.15, 0.2) is 0 Å². The van der Waals surface area contributed by atoms with Crippen LogP contribution in [0.4, 0.5) is 51.2 Å². The Morgan fingerprint density at radius 1 is 0.467 bits per heavy atom. The van der Waals surface area contributed by atoms with Crippen molar-refractivity contribution < 1.29 is 6.85 Å². The molecule has 2 aliphatic heterocycles. The first-order valence-electron chi connectivity index (χ1n) is 28.7. The van der Waals surface area contributed by atoms with Crippen molar-refractivity contribution >= 4 is 106 Å². The van der Waals surface area contributed by atoms with Gasteiger partial charge in [0.2, 0.25) is 0 Å². The SMILES string of the molecule is [2H]c1c([2H])c([2H])c(-c2cc3c4c(c2)N(c2ccc5nccnc5c2)c2c(sc5ccc(C(C)(C)C)cc25)B4c2ccc(N(c4ccc(C(C)(C)C)cc4)c4ccc(C(C)(C)C)cc4)cc2N3c2ccc(C(C)(C)C)cc2)c([2H])c1[2H]. The van der Waals surface area contributed by atoms with Crippen LogP contribution in [0.1, 0.15) is 112 Å². The lowest BCUT2D eigenvalue weighted by molar-refractivity contribution is 0.590. The molecule has 0 spiro atoms. The van der Waals surface area contributed by atoms with Gasteiger partial charge in [-0.3, -0.25) is 9.97 Å². The standard InChI is InChI=1S/C68H66BN5S/c1-65(2,3)45-18-25-49(26-19-45)72(50-27-20-46(21-28-50)66(4,5)6)53-31-33-55-58(42-53)73(51-29-22-47(23-30-51)67(7,8)9)59-38-44(43-16-14-13-15-17-43)39-60-62(59)69(55)64-63(54-40-48(68(10,11)12)24-35-61(54)75-64)74(60)52-32-34-56-57(41-52)71-37-36-70-56/h13-42H,1-12H3/i13D,14D,15D,16D,17D. The lowest BCUT2D eigenvalue weighted by Gasteiger charge is -2.44. The maximum Gasteiger partial charge on any atom is 0.264 e. The molecule has 12 rings (SSSR count). The summed E-state index contributed by atoms with van der Waals surface area (Å²) in [5, 5.41) is 1.11. The monoisotopic (exact) mass is 1000 g/mol. The van der Waals surface area contributed by atoms with E-state index in [0.717, 1.165) is 83.2 Å². The zero-order valence-electron chi connectivity index (χ0n) is 50.2. The van der Waals surface area contributed by atoms with E-state index >= 15 is 0 Å². The van der Waals surface area contributed by atoms with Crippen LogP contribution >= 0.6 is 11.3 Å². The van der Waals surface area contributed by atoms with Crippen LogP contribution in [0.15, 0.2) is 182 Å². The van der Waals surface area contributed by atoms with Crippen LogP contribution in [0.2, 0.25) is 0 Å². The second-order valence-corrected chi connectivity index (χ2v) is 25.6. The topological polar surface area (TPSA) is 35.5 Å². The Morgan fingerprint density at radius 2 is 0.987 bits per heavy atom. The summed E-state index contributed by atoms with van der Waals surface area (Å²) in [6.45, 7) is 26.6. The van der Waals surface area contributed by atoms with Crippen molar-refractivity contribution in [3.05, 3.63) is 204 Å². The van der Waals surface area contributed by atoms with Gasteiger partial charge in [-0.15, -0.1) is 11.3 Å². The molecule has 75 heavy (non-hydrogen) atoms. The van der Waals surface area contributed by atoms with Crippen LogP contribution in [-0.2, 0) is 21.7 Å². The maximum atomic E-state index is 9.51. The number of benzene rings is 8. The highest BCUT2D eigenvalue weighted by atomic mass is 32.1. The number of hydrogen-bond donors (Lipinski definition) is 0. The molecule has 5 nitrogen and oxygen atoms in total. The molecule has 0 saturated carbocycles. The number of hydrogen-bond acceptors (Lipinski definition) is 6. The molecule has 4 heterocycles. The van der Waals surface area contributed by atoms with Gasteiger partial charge in [-0.2, -0.15) is 0 Å². The maximum absolute atomic E-state index is 9.51. The van der Waals surface area contributed by atoms with E-state index in [-0.39, 0.29) is 58.1 Å². The number of anilines is 9. The van der Waals surface area contributed by atoms with Crippen molar-refractivity contribution in [2.24, 2.45) is 0 Å². The molecule has 0 aliphatic carbocycles. The average molecular weight is 1000 g/mol. The van der Waals surface area contributed by atoms with Gasteiger partial charge >= 0.3 is 0 Å². The predicted octanol–water partition coefficient (Wildman–Crippen LogP) is 17.3. The van der Waals surface area contributed by atoms with E-state index in [0.29, 0.717) is 5.56 Å². The smallest absolute Gasteiger partial charge is 0.264 e. The predicted molar refractivity (Wildman–Crippen MR) is 324 cm³/mol. The molecule has 0 unspecified atom stereocenters. The highest BCUT2D eigenvalue weighted by Crippen LogP contribution is 2.51. The molecule has 2 aromatic heterocycles. The molecule has 0 amide bonds. The van der Waals surface area contributed by atoms with E-state index < -0.39 is 6.04 Å². The third-order valence-electron chi connectivity index (χ3n) is 15.2. The first kappa shape index (κ1) is 42.8. The summed E-state index contributed by atoms with van der Waals surface area (Å²) in [5.74, 6) is 0. The third kappa shape index (κ3) is 8.50. The van der Waals surface area contributed by atoms with Gasteiger partial charge in [0, 0.05) is 72.8 Å². The lowest BCUT2D eigenvalue weighted by Crippen LogP contribution is -2.60. The Bertz CT molecular complexity index is 4040. The Balaban J connectivity index is 1.21. The normalized spacial score (nSPS) is 14.5. The molecular formula is C68H66BN5S. The van der Waals surface area contributed by atoms with Crippen LogP contribution < -0.4 is 30.4 Å². The van der Waals surface area contributed by atoms with Crippen LogP contribution in [-0.4, -0.2) is 16.7 Å². The number of thiophene rings is 1. The van der Waals surface area contributed by atoms with Crippen LogP contribution in [0.25, 0.3) is 32.2 Å². The van der Waals surface area contributed by atoms with Crippen LogP contribution in [0.3, 0.4) is 0 Å². The second kappa shape index (κ2) is 17.6. The van der Waals surface area contributed by atoms with E-state index in [1.54, 1.807) is 12.4 Å². The fraction of sp³-hybridized carbons (Fsp3) is 0.235. The fourth-order valence-electron chi connectivity index (χ4n) is 11.0. The molecule has 0 N–H and O–H groups in total. The highest BCUT2D eigenvalue weighted by molar-refractivity contribution is 7.33. The summed E-state index contributed by atoms with van der Waals surface area (Å²) in [6.07, 6.45) is 3.43. The highest BCUT2D eigenvalue weighted by Gasteiger charge is 2.46. The molecule has 8 aromatic carbocycles. The summed E-state index contributed by atoms with van der Waals surface area (Å²) in [4.78, 5) is 16.5.